The van der Waals surface area contributed by atoms with Gasteiger partial charge in [0.25, 0.3) is 10.0 Å². The van der Waals surface area contributed by atoms with Crippen molar-refractivity contribution in [3.63, 3.8) is 0 Å². The first-order valence-electron chi connectivity index (χ1n) is 10.3. The fourth-order valence-electron chi connectivity index (χ4n) is 3.62. The second-order valence-electron chi connectivity index (χ2n) is 7.53. The smallest absolute Gasteiger partial charge is 0.331 e. The Bertz CT molecular complexity index is 1330. The Morgan fingerprint density at radius 3 is 2.52 bits per heavy atom. The SMILES string of the molecule is NC(=O)c1cccc(COC(=O)/C=C/c2ccc(S(=O)(=O)N3CCc4ccccc43)cc2)c1. The maximum Gasteiger partial charge on any atom is 0.331 e. The van der Waals surface area contributed by atoms with Crippen LogP contribution in [0.2, 0.25) is 0 Å². The third kappa shape index (κ3) is 4.96. The number of anilines is 1. The van der Waals surface area contributed by atoms with Crippen molar-refractivity contribution in [1.82, 2.24) is 0 Å². The molecule has 8 heteroatoms. The van der Waals surface area contributed by atoms with E-state index < -0.39 is 21.9 Å². The molecule has 7 nitrogen and oxygen atoms in total. The van der Waals surface area contributed by atoms with Crippen LogP contribution in [-0.4, -0.2) is 26.8 Å². The van der Waals surface area contributed by atoms with Crippen LogP contribution in [0.1, 0.15) is 27.0 Å². The second-order valence-corrected chi connectivity index (χ2v) is 9.39. The Labute approximate surface area is 192 Å². The lowest BCUT2D eigenvalue weighted by molar-refractivity contribution is -0.138. The number of primary amides is 1. The number of rotatable bonds is 7. The normalized spacial score (nSPS) is 13.2. The molecule has 0 bridgehead atoms. The van der Waals surface area contributed by atoms with E-state index in [1.165, 1.54) is 22.5 Å². The molecule has 0 radical (unpaired) electrons. The molecule has 0 fully saturated rings. The number of sulfonamides is 1. The largest absolute Gasteiger partial charge is 0.458 e. The van der Waals surface area contributed by atoms with Crippen molar-refractivity contribution in [3.05, 3.63) is 101 Å². The highest BCUT2D eigenvalue weighted by Gasteiger charge is 2.30. The van der Waals surface area contributed by atoms with E-state index >= 15 is 0 Å². The molecule has 1 aliphatic heterocycles. The van der Waals surface area contributed by atoms with Gasteiger partial charge in [-0.1, -0.05) is 42.5 Å². The number of benzene rings is 3. The van der Waals surface area contributed by atoms with Crippen LogP contribution >= 0.6 is 0 Å². The summed E-state index contributed by atoms with van der Waals surface area (Å²) in [6.45, 7) is 0.413. The topological polar surface area (TPSA) is 107 Å². The highest BCUT2D eigenvalue weighted by Crippen LogP contribution is 2.32. The minimum Gasteiger partial charge on any atom is -0.458 e. The Morgan fingerprint density at radius 1 is 1.00 bits per heavy atom. The van der Waals surface area contributed by atoms with E-state index in [0.717, 1.165) is 5.56 Å². The van der Waals surface area contributed by atoms with E-state index in [1.807, 2.05) is 24.3 Å². The van der Waals surface area contributed by atoms with Gasteiger partial charge in [0.05, 0.1) is 10.6 Å². The number of para-hydroxylation sites is 1. The van der Waals surface area contributed by atoms with Crippen molar-refractivity contribution in [3.8, 4) is 0 Å². The first-order chi connectivity index (χ1) is 15.8. The summed E-state index contributed by atoms with van der Waals surface area (Å²) in [7, 11) is -3.66. The molecule has 0 aromatic heterocycles. The fraction of sp³-hybridized carbons (Fsp3) is 0.120. The molecule has 2 N–H and O–H groups in total. The number of amides is 1. The van der Waals surface area contributed by atoms with Gasteiger partial charge >= 0.3 is 5.97 Å². The zero-order valence-corrected chi connectivity index (χ0v) is 18.5. The van der Waals surface area contributed by atoms with Crippen molar-refractivity contribution >= 4 is 33.7 Å². The number of fused-ring (bicyclic) bond motifs is 1. The van der Waals surface area contributed by atoms with Crippen LogP contribution in [0, 0.1) is 0 Å². The van der Waals surface area contributed by atoms with Gasteiger partial charge in [0.2, 0.25) is 5.91 Å². The van der Waals surface area contributed by atoms with Crippen LogP contribution in [0.15, 0.2) is 83.8 Å². The molecule has 0 atom stereocenters. The Morgan fingerprint density at radius 2 is 1.76 bits per heavy atom. The van der Waals surface area contributed by atoms with Gasteiger partial charge in [-0.2, -0.15) is 0 Å². The maximum absolute atomic E-state index is 13.1. The molecule has 0 saturated heterocycles. The Balaban J connectivity index is 1.39. The molecular weight excluding hydrogens is 440 g/mol. The van der Waals surface area contributed by atoms with Crippen LogP contribution < -0.4 is 10.0 Å². The van der Waals surface area contributed by atoms with Crippen LogP contribution in [0.3, 0.4) is 0 Å². The maximum atomic E-state index is 13.1. The summed E-state index contributed by atoms with van der Waals surface area (Å²) < 4.78 is 32.7. The van der Waals surface area contributed by atoms with E-state index in [2.05, 4.69) is 0 Å². The van der Waals surface area contributed by atoms with Crippen molar-refractivity contribution in [2.45, 2.75) is 17.9 Å². The molecule has 3 aromatic carbocycles. The lowest BCUT2D eigenvalue weighted by atomic mass is 10.1. The molecule has 0 aliphatic carbocycles. The van der Waals surface area contributed by atoms with Crippen LogP contribution in [0.4, 0.5) is 5.69 Å². The summed E-state index contributed by atoms with van der Waals surface area (Å²) in [6.07, 6.45) is 3.49. The van der Waals surface area contributed by atoms with Gasteiger partial charge in [-0.15, -0.1) is 0 Å². The Hall–Kier alpha value is -3.91. The first kappa shape index (κ1) is 22.3. The van der Waals surface area contributed by atoms with Gasteiger partial charge in [-0.3, -0.25) is 9.10 Å². The highest BCUT2D eigenvalue weighted by atomic mass is 32.2. The number of nitrogens with two attached hydrogens (primary N) is 1. The predicted molar refractivity (Wildman–Crippen MR) is 125 cm³/mol. The molecular formula is C25H22N2O5S. The van der Waals surface area contributed by atoms with Crippen molar-refractivity contribution < 1.29 is 22.7 Å². The first-order valence-corrected chi connectivity index (χ1v) is 11.7. The minimum atomic E-state index is -3.66. The molecule has 1 heterocycles. The molecule has 1 amide bonds. The van der Waals surface area contributed by atoms with E-state index in [1.54, 1.807) is 42.5 Å². The summed E-state index contributed by atoms with van der Waals surface area (Å²) in [5, 5.41) is 0. The van der Waals surface area contributed by atoms with Crippen LogP contribution in [0.25, 0.3) is 6.08 Å². The average molecular weight is 463 g/mol. The highest BCUT2D eigenvalue weighted by molar-refractivity contribution is 7.92. The van der Waals surface area contributed by atoms with Gasteiger partial charge in [0.15, 0.2) is 0 Å². The summed E-state index contributed by atoms with van der Waals surface area (Å²) in [5.74, 6) is -1.12. The van der Waals surface area contributed by atoms with E-state index in [0.29, 0.717) is 35.3 Å². The van der Waals surface area contributed by atoms with Gasteiger partial charge in [-0.05, 0) is 59.5 Å². The third-order valence-corrected chi connectivity index (χ3v) is 7.14. The van der Waals surface area contributed by atoms with E-state index in [-0.39, 0.29) is 11.5 Å². The molecule has 33 heavy (non-hydrogen) atoms. The van der Waals surface area contributed by atoms with E-state index in [4.69, 9.17) is 10.5 Å². The summed E-state index contributed by atoms with van der Waals surface area (Å²) >= 11 is 0. The number of hydrogen-bond donors (Lipinski definition) is 1. The monoisotopic (exact) mass is 462 g/mol. The molecule has 0 unspecified atom stereocenters. The molecule has 0 saturated carbocycles. The lowest BCUT2D eigenvalue weighted by Gasteiger charge is -2.19. The minimum absolute atomic E-state index is 0.00121. The Kier molecular flexibility index (Phi) is 6.28. The van der Waals surface area contributed by atoms with Gasteiger partial charge in [-0.25, -0.2) is 13.2 Å². The second kappa shape index (κ2) is 9.30. The predicted octanol–water partition coefficient (Wildman–Crippen LogP) is 3.29. The number of hydrogen-bond acceptors (Lipinski definition) is 5. The van der Waals surface area contributed by atoms with Crippen molar-refractivity contribution in [2.24, 2.45) is 5.73 Å². The summed E-state index contributed by atoms with van der Waals surface area (Å²) in [5.41, 5.74) is 8.61. The number of nitrogens with zero attached hydrogens (tertiary/aromatic N) is 1. The summed E-state index contributed by atoms with van der Waals surface area (Å²) in [4.78, 5) is 23.4. The van der Waals surface area contributed by atoms with E-state index in [9.17, 15) is 18.0 Å². The average Bonchev–Trinajstić information content (AvgIpc) is 3.27. The quantitative estimate of drug-likeness (QED) is 0.428. The number of esters is 1. The van der Waals surface area contributed by atoms with Gasteiger partial charge < -0.3 is 10.5 Å². The number of ether oxygens (including phenoxy) is 1. The standard InChI is InChI=1S/C25H22N2O5S/c26-25(29)21-6-3-4-19(16-21)17-32-24(28)13-10-18-8-11-22(12-9-18)33(30,31)27-15-14-20-5-1-2-7-23(20)27/h1-13,16H,14-15,17H2,(H2,26,29)/b13-10+. The zero-order chi connectivity index (χ0) is 23.4. The molecule has 4 rings (SSSR count). The fourth-order valence-corrected chi connectivity index (χ4v) is 5.12. The zero-order valence-electron chi connectivity index (χ0n) is 17.7. The molecule has 168 valence electrons. The van der Waals surface area contributed by atoms with Gasteiger partial charge in [0.1, 0.15) is 6.61 Å². The molecule has 3 aromatic rings. The van der Waals surface area contributed by atoms with Crippen LogP contribution in [-0.2, 0) is 32.6 Å². The summed E-state index contributed by atoms with van der Waals surface area (Å²) in [6, 6.07) is 20.3. The van der Waals surface area contributed by atoms with Crippen molar-refractivity contribution in [1.29, 1.82) is 0 Å². The molecule has 0 spiro atoms. The number of carbonyl (C=O) groups excluding carboxylic acids is 2. The third-order valence-electron chi connectivity index (χ3n) is 5.32. The van der Waals surface area contributed by atoms with Gasteiger partial charge in [0, 0.05) is 18.2 Å². The lowest BCUT2D eigenvalue weighted by Crippen LogP contribution is -2.29. The molecule has 1 aliphatic rings. The number of carbonyl (C=O) groups is 2. The van der Waals surface area contributed by atoms with Crippen LogP contribution in [0.5, 0.6) is 0 Å². The van der Waals surface area contributed by atoms with Crippen molar-refractivity contribution in [2.75, 3.05) is 10.8 Å².